The van der Waals surface area contributed by atoms with Crippen LogP contribution in [-0.4, -0.2) is 12.0 Å². The third-order valence-corrected chi connectivity index (χ3v) is 3.15. The molecule has 1 aromatic heterocycles. The molecule has 0 radical (unpaired) electrons. The van der Waals surface area contributed by atoms with Crippen LogP contribution in [0.4, 0.5) is 10.1 Å². The summed E-state index contributed by atoms with van der Waals surface area (Å²) in [6.07, 6.45) is 0. The number of aromatic nitrogens is 1. The molecule has 3 heteroatoms. The number of anilines is 1. The smallest absolute Gasteiger partial charge is 0.134 e. The van der Waals surface area contributed by atoms with Gasteiger partial charge in [0.05, 0.1) is 10.9 Å². The van der Waals surface area contributed by atoms with Crippen molar-refractivity contribution in [1.29, 1.82) is 0 Å². The molecule has 0 aliphatic carbocycles. The lowest BCUT2D eigenvalue weighted by Gasteiger charge is -2.20. The van der Waals surface area contributed by atoms with Crippen LogP contribution in [0.5, 0.6) is 0 Å². The van der Waals surface area contributed by atoms with Gasteiger partial charge in [0.1, 0.15) is 5.82 Å². The number of hydrogen-bond acceptors (Lipinski definition) is 2. The molecule has 0 bridgehead atoms. The lowest BCUT2D eigenvalue weighted by Crippen LogP contribution is -2.14. The fourth-order valence-electron chi connectivity index (χ4n) is 2.01. The molecule has 1 N–H and O–H groups in total. The summed E-state index contributed by atoms with van der Waals surface area (Å²) in [6.45, 7) is 8.28. The van der Waals surface area contributed by atoms with Crippen LogP contribution in [0, 0.1) is 12.7 Å². The van der Waals surface area contributed by atoms with Crippen LogP contribution in [0.15, 0.2) is 18.2 Å². The Bertz CT molecular complexity index is 597. The van der Waals surface area contributed by atoms with Crippen molar-refractivity contribution in [1.82, 2.24) is 4.98 Å². The zero-order valence-corrected chi connectivity index (χ0v) is 11.6. The van der Waals surface area contributed by atoms with Gasteiger partial charge in [0.25, 0.3) is 0 Å². The molecule has 18 heavy (non-hydrogen) atoms. The standard InChI is InChI=1S/C15H19FN2/c1-9-6-7-10(16)13-11(17-5)8-12(15(2,3)4)18-14(9)13/h6-8H,1-5H3,(H,17,18). The highest BCUT2D eigenvalue weighted by molar-refractivity contribution is 5.94. The van der Waals surface area contributed by atoms with E-state index in [9.17, 15) is 4.39 Å². The van der Waals surface area contributed by atoms with Crippen molar-refractivity contribution in [3.63, 3.8) is 0 Å². The van der Waals surface area contributed by atoms with Gasteiger partial charge >= 0.3 is 0 Å². The molecule has 2 aromatic rings. The van der Waals surface area contributed by atoms with E-state index in [4.69, 9.17) is 0 Å². The molecule has 0 saturated carbocycles. The van der Waals surface area contributed by atoms with E-state index >= 15 is 0 Å². The second-order valence-electron chi connectivity index (χ2n) is 5.64. The Morgan fingerprint density at radius 2 is 1.89 bits per heavy atom. The molecule has 0 spiro atoms. The van der Waals surface area contributed by atoms with Crippen molar-refractivity contribution in [2.75, 3.05) is 12.4 Å². The summed E-state index contributed by atoms with van der Waals surface area (Å²) >= 11 is 0. The Morgan fingerprint density at radius 1 is 1.22 bits per heavy atom. The number of nitrogens with zero attached hydrogens (tertiary/aromatic N) is 1. The Morgan fingerprint density at radius 3 is 2.44 bits per heavy atom. The van der Waals surface area contributed by atoms with Crippen LogP contribution in [0.1, 0.15) is 32.0 Å². The van der Waals surface area contributed by atoms with Crippen LogP contribution >= 0.6 is 0 Å². The van der Waals surface area contributed by atoms with Crippen molar-refractivity contribution >= 4 is 16.6 Å². The van der Waals surface area contributed by atoms with E-state index < -0.39 is 0 Å². The Kier molecular flexibility index (Phi) is 3.01. The van der Waals surface area contributed by atoms with Gasteiger partial charge in [-0.25, -0.2) is 4.39 Å². The van der Waals surface area contributed by atoms with E-state index in [1.165, 1.54) is 6.07 Å². The molecular formula is C15H19FN2. The van der Waals surface area contributed by atoms with Crippen LogP contribution < -0.4 is 5.32 Å². The van der Waals surface area contributed by atoms with Gasteiger partial charge in [-0.3, -0.25) is 4.98 Å². The number of rotatable bonds is 1. The minimum Gasteiger partial charge on any atom is -0.387 e. The molecule has 0 atom stereocenters. The zero-order chi connectivity index (χ0) is 13.5. The van der Waals surface area contributed by atoms with Gasteiger partial charge in [0.2, 0.25) is 0 Å². The van der Waals surface area contributed by atoms with Crippen LogP contribution in [0.2, 0.25) is 0 Å². The maximum atomic E-state index is 14.0. The van der Waals surface area contributed by atoms with Gasteiger partial charge in [-0.05, 0) is 24.6 Å². The molecule has 1 heterocycles. The average Bonchev–Trinajstić information content (AvgIpc) is 2.31. The van der Waals surface area contributed by atoms with E-state index in [1.807, 2.05) is 20.0 Å². The number of fused-ring (bicyclic) bond motifs is 1. The Balaban J connectivity index is 2.88. The monoisotopic (exact) mass is 246 g/mol. The fourth-order valence-corrected chi connectivity index (χ4v) is 2.01. The van der Waals surface area contributed by atoms with Gasteiger partial charge in [0, 0.05) is 23.8 Å². The third kappa shape index (κ3) is 2.05. The van der Waals surface area contributed by atoms with Gasteiger partial charge < -0.3 is 5.32 Å². The first-order valence-electron chi connectivity index (χ1n) is 6.12. The number of halogens is 1. The first kappa shape index (κ1) is 12.8. The van der Waals surface area contributed by atoms with Crippen LogP contribution in [0.25, 0.3) is 10.9 Å². The highest BCUT2D eigenvalue weighted by Crippen LogP contribution is 2.32. The van der Waals surface area contributed by atoms with E-state index in [0.29, 0.717) is 5.39 Å². The summed E-state index contributed by atoms with van der Waals surface area (Å²) in [4.78, 5) is 4.64. The predicted molar refractivity (Wildman–Crippen MR) is 74.7 cm³/mol. The van der Waals surface area contributed by atoms with Crippen molar-refractivity contribution in [2.45, 2.75) is 33.1 Å². The first-order valence-corrected chi connectivity index (χ1v) is 6.12. The van der Waals surface area contributed by atoms with Crippen molar-refractivity contribution in [3.8, 4) is 0 Å². The van der Waals surface area contributed by atoms with Crippen molar-refractivity contribution in [2.24, 2.45) is 0 Å². The molecule has 0 unspecified atom stereocenters. The summed E-state index contributed by atoms with van der Waals surface area (Å²) in [6, 6.07) is 5.21. The number of benzene rings is 1. The summed E-state index contributed by atoms with van der Waals surface area (Å²) in [5, 5.41) is 3.65. The van der Waals surface area contributed by atoms with Gasteiger partial charge in [-0.2, -0.15) is 0 Å². The van der Waals surface area contributed by atoms with E-state index in [2.05, 4.69) is 31.1 Å². The zero-order valence-electron chi connectivity index (χ0n) is 11.6. The third-order valence-electron chi connectivity index (χ3n) is 3.15. The van der Waals surface area contributed by atoms with E-state index in [-0.39, 0.29) is 11.2 Å². The van der Waals surface area contributed by atoms with Gasteiger partial charge in [-0.1, -0.05) is 26.8 Å². The maximum absolute atomic E-state index is 14.0. The first-order chi connectivity index (χ1) is 8.34. The largest absolute Gasteiger partial charge is 0.387 e. The molecule has 1 aromatic carbocycles. The van der Waals surface area contributed by atoms with E-state index in [0.717, 1.165) is 22.5 Å². The second-order valence-corrected chi connectivity index (χ2v) is 5.64. The topological polar surface area (TPSA) is 24.9 Å². The minimum atomic E-state index is -0.229. The predicted octanol–water partition coefficient (Wildman–Crippen LogP) is 4.02. The number of pyridine rings is 1. The van der Waals surface area contributed by atoms with Crippen LogP contribution in [-0.2, 0) is 5.41 Å². The molecule has 0 fully saturated rings. The minimum absolute atomic E-state index is 0.0570. The fraction of sp³-hybridized carbons (Fsp3) is 0.400. The number of nitrogens with one attached hydrogen (secondary N) is 1. The summed E-state index contributed by atoms with van der Waals surface area (Å²) in [5.41, 5.74) is 3.44. The SMILES string of the molecule is CNc1cc(C(C)(C)C)nc2c(C)ccc(F)c12. The molecule has 2 nitrogen and oxygen atoms in total. The average molecular weight is 246 g/mol. The molecule has 2 rings (SSSR count). The summed E-state index contributed by atoms with van der Waals surface area (Å²) in [7, 11) is 1.81. The Hall–Kier alpha value is -1.64. The molecule has 0 aliphatic heterocycles. The Labute approximate surface area is 107 Å². The second kappa shape index (κ2) is 4.23. The normalized spacial score (nSPS) is 11.9. The van der Waals surface area contributed by atoms with Crippen molar-refractivity contribution < 1.29 is 4.39 Å². The van der Waals surface area contributed by atoms with Gasteiger partial charge in [-0.15, -0.1) is 0 Å². The van der Waals surface area contributed by atoms with Crippen LogP contribution in [0.3, 0.4) is 0 Å². The molecule has 0 aliphatic rings. The molecule has 96 valence electrons. The highest BCUT2D eigenvalue weighted by atomic mass is 19.1. The lowest BCUT2D eigenvalue weighted by molar-refractivity contribution is 0.571. The molecular weight excluding hydrogens is 227 g/mol. The molecule has 0 saturated heterocycles. The van der Waals surface area contributed by atoms with Gasteiger partial charge in [0.15, 0.2) is 0 Å². The van der Waals surface area contributed by atoms with E-state index in [1.54, 1.807) is 6.07 Å². The highest BCUT2D eigenvalue weighted by Gasteiger charge is 2.19. The maximum Gasteiger partial charge on any atom is 0.134 e. The number of hydrogen-bond donors (Lipinski definition) is 1. The molecule has 0 amide bonds. The number of aryl methyl sites for hydroxylation is 1. The summed E-state index contributed by atoms with van der Waals surface area (Å²) in [5.74, 6) is -0.229. The van der Waals surface area contributed by atoms with Crippen molar-refractivity contribution in [3.05, 3.63) is 35.3 Å². The quantitative estimate of drug-likeness (QED) is 0.822. The lowest BCUT2D eigenvalue weighted by atomic mass is 9.90. The summed E-state index contributed by atoms with van der Waals surface area (Å²) < 4.78 is 14.0.